The van der Waals surface area contributed by atoms with Crippen molar-refractivity contribution in [3.63, 3.8) is 0 Å². The predicted octanol–water partition coefficient (Wildman–Crippen LogP) is 3.38. The first-order valence-electron chi connectivity index (χ1n) is 5.46. The Bertz CT molecular complexity index is 601. The Morgan fingerprint density at radius 3 is 2.47 bits per heavy atom. The van der Waals surface area contributed by atoms with E-state index in [0.717, 1.165) is 9.26 Å². The van der Waals surface area contributed by atoms with Crippen molar-refractivity contribution in [2.24, 2.45) is 0 Å². The zero-order chi connectivity index (χ0) is 13.8. The second-order valence-electron chi connectivity index (χ2n) is 3.70. The van der Waals surface area contributed by atoms with Gasteiger partial charge in [-0.2, -0.15) is 0 Å². The van der Waals surface area contributed by atoms with Gasteiger partial charge in [0.05, 0.1) is 4.92 Å². The van der Waals surface area contributed by atoms with Gasteiger partial charge in [-0.15, -0.1) is 0 Å². The number of nitrogens with one attached hydrogen (secondary N) is 2. The molecular weight excluding hydrogens is 359 g/mol. The van der Waals surface area contributed by atoms with E-state index < -0.39 is 4.92 Å². The van der Waals surface area contributed by atoms with Crippen LogP contribution in [0.3, 0.4) is 0 Å². The lowest BCUT2D eigenvalue weighted by Gasteiger charge is -2.08. The fourth-order valence-corrected chi connectivity index (χ4v) is 1.86. The summed E-state index contributed by atoms with van der Waals surface area (Å²) in [5.74, 6) is 0.789. The molecule has 0 atom stereocenters. The first-order chi connectivity index (χ1) is 9.10. The van der Waals surface area contributed by atoms with Gasteiger partial charge in [0.25, 0.3) is 0 Å². The fraction of sp³-hybridized carbons (Fsp3) is 0.0833. The lowest BCUT2D eigenvalue weighted by Crippen LogP contribution is -2.02. The molecule has 0 bridgehead atoms. The Morgan fingerprint density at radius 1 is 1.21 bits per heavy atom. The van der Waals surface area contributed by atoms with E-state index >= 15 is 0 Å². The standard InChI is InChI=1S/C12H11IN4O2/c1-14-11-7-6-10(17(18)19)12(16-11)15-9-4-2-8(13)3-5-9/h2-7H,1H3,(H2,14,15,16). The highest BCUT2D eigenvalue weighted by molar-refractivity contribution is 14.1. The van der Waals surface area contributed by atoms with Crippen LogP contribution in [-0.4, -0.2) is 17.0 Å². The van der Waals surface area contributed by atoms with Crippen LogP contribution in [0.25, 0.3) is 0 Å². The van der Waals surface area contributed by atoms with Crippen molar-refractivity contribution in [3.8, 4) is 0 Å². The SMILES string of the molecule is CNc1ccc([N+](=O)[O-])c(Nc2ccc(I)cc2)n1. The maximum Gasteiger partial charge on any atom is 0.311 e. The molecule has 0 aliphatic carbocycles. The Kier molecular flexibility index (Phi) is 4.15. The summed E-state index contributed by atoms with van der Waals surface area (Å²) in [6.45, 7) is 0. The van der Waals surface area contributed by atoms with Gasteiger partial charge in [0.2, 0.25) is 5.82 Å². The molecule has 0 radical (unpaired) electrons. The van der Waals surface area contributed by atoms with Crippen molar-refractivity contribution < 1.29 is 4.92 Å². The van der Waals surface area contributed by atoms with Crippen molar-refractivity contribution in [2.75, 3.05) is 17.7 Å². The fourth-order valence-electron chi connectivity index (χ4n) is 1.50. The van der Waals surface area contributed by atoms with Crippen LogP contribution >= 0.6 is 22.6 Å². The first-order valence-corrected chi connectivity index (χ1v) is 6.54. The summed E-state index contributed by atoms with van der Waals surface area (Å²) >= 11 is 2.19. The van der Waals surface area contributed by atoms with Crippen LogP contribution < -0.4 is 10.6 Å². The van der Waals surface area contributed by atoms with Gasteiger partial charge in [0.15, 0.2) is 0 Å². The monoisotopic (exact) mass is 370 g/mol. The highest BCUT2D eigenvalue weighted by atomic mass is 127. The number of hydrogen-bond donors (Lipinski definition) is 2. The quantitative estimate of drug-likeness (QED) is 0.490. The molecule has 0 aliphatic heterocycles. The molecule has 0 unspecified atom stereocenters. The molecule has 2 aromatic rings. The molecule has 2 N–H and O–H groups in total. The Labute approximate surface area is 123 Å². The number of benzene rings is 1. The van der Waals surface area contributed by atoms with Gasteiger partial charge >= 0.3 is 5.69 Å². The van der Waals surface area contributed by atoms with Crippen molar-refractivity contribution in [1.82, 2.24) is 4.98 Å². The Morgan fingerprint density at radius 2 is 1.89 bits per heavy atom. The number of hydrogen-bond acceptors (Lipinski definition) is 5. The molecule has 2 rings (SSSR count). The lowest BCUT2D eigenvalue weighted by atomic mass is 10.3. The molecule has 6 nitrogen and oxygen atoms in total. The van der Waals surface area contributed by atoms with Crippen LogP contribution in [0.2, 0.25) is 0 Å². The second-order valence-corrected chi connectivity index (χ2v) is 4.95. The third-order valence-electron chi connectivity index (χ3n) is 2.43. The highest BCUT2D eigenvalue weighted by Crippen LogP contribution is 2.27. The van der Waals surface area contributed by atoms with Crippen molar-refractivity contribution in [2.45, 2.75) is 0 Å². The van der Waals surface area contributed by atoms with E-state index in [9.17, 15) is 10.1 Å². The van der Waals surface area contributed by atoms with Gasteiger partial charge in [0, 0.05) is 22.4 Å². The van der Waals surface area contributed by atoms with Gasteiger partial charge in [-0.05, 0) is 52.9 Å². The van der Waals surface area contributed by atoms with Crippen LogP contribution in [0.5, 0.6) is 0 Å². The van der Waals surface area contributed by atoms with E-state index in [0.29, 0.717) is 5.82 Å². The summed E-state index contributed by atoms with van der Waals surface area (Å²) in [7, 11) is 1.71. The van der Waals surface area contributed by atoms with Crippen molar-refractivity contribution in [1.29, 1.82) is 0 Å². The number of aromatic nitrogens is 1. The van der Waals surface area contributed by atoms with E-state index in [2.05, 4.69) is 38.2 Å². The third-order valence-corrected chi connectivity index (χ3v) is 3.15. The van der Waals surface area contributed by atoms with Crippen LogP contribution in [-0.2, 0) is 0 Å². The van der Waals surface area contributed by atoms with Gasteiger partial charge in [-0.1, -0.05) is 0 Å². The summed E-state index contributed by atoms with van der Waals surface area (Å²) in [5, 5.41) is 16.8. The molecule has 0 saturated carbocycles. The smallest absolute Gasteiger partial charge is 0.311 e. The summed E-state index contributed by atoms with van der Waals surface area (Å²) < 4.78 is 1.09. The summed E-state index contributed by atoms with van der Waals surface area (Å²) in [6, 6.07) is 10.5. The van der Waals surface area contributed by atoms with E-state index in [1.54, 1.807) is 13.1 Å². The zero-order valence-corrected chi connectivity index (χ0v) is 12.2. The minimum Gasteiger partial charge on any atom is -0.373 e. The van der Waals surface area contributed by atoms with Crippen LogP contribution in [0.1, 0.15) is 0 Å². The van der Waals surface area contributed by atoms with E-state index in [4.69, 9.17) is 0 Å². The average Bonchev–Trinajstić information content (AvgIpc) is 2.41. The summed E-state index contributed by atoms with van der Waals surface area (Å²) in [5.41, 5.74) is 0.696. The number of halogens is 1. The number of nitrogens with zero attached hydrogens (tertiary/aromatic N) is 2. The Hall–Kier alpha value is -1.90. The number of anilines is 3. The van der Waals surface area contributed by atoms with E-state index in [1.807, 2.05) is 24.3 Å². The Balaban J connectivity index is 2.36. The van der Waals surface area contributed by atoms with Crippen molar-refractivity contribution >= 4 is 45.6 Å². The minimum absolute atomic E-state index is 0.0578. The maximum absolute atomic E-state index is 11.0. The largest absolute Gasteiger partial charge is 0.373 e. The second kappa shape index (κ2) is 5.83. The normalized spacial score (nSPS) is 10.0. The van der Waals surface area contributed by atoms with Crippen LogP contribution in [0.4, 0.5) is 23.0 Å². The van der Waals surface area contributed by atoms with Gasteiger partial charge < -0.3 is 10.6 Å². The van der Waals surface area contributed by atoms with Gasteiger partial charge in [-0.3, -0.25) is 10.1 Å². The molecule has 0 amide bonds. The summed E-state index contributed by atoms with van der Waals surface area (Å²) in [6.07, 6.45) is 0. The molecule has 0 aliphatic rings. The zero-order valence-electron chi connectivity index (χ0n) is 10.1. The maximum atomic E-state index is 11.0. The van der Waals surface area contributed by atoms with E-state index in [1.165, 1.54) is 6.07 Å². The van der Waals surface area contributed by atoms with Crippen LogP contribution in [0, 0.1) is 13.7 Å². The molecule has 19 heavy (non-hydrogen) atoms. The molecule has 98 valence electrons. The number of nitro groups is 1. The van der Waals surface area contributed by atoms with Gasteiger partial charge in [0.1, 0.15) is 5.82 Å². The van der Waals surface area contributed by atoms with Crippen LogP contribution in [0.15, 0.2) is 36.4 Å². The first kappa shape index (κ1) is 13.5. The highest BCUT2D eigenvalue weighted by Gasteiger charge is 2.15. The molecule has 1 aromatic heterocycles. The summed E-state index contributed by atoms with van der Waals surface area (Å²) in [4.78, 5) is 14.7. The molecule has 0 fully saturated rings. The minimum atomic E-state index is -0.457. The van der Waals surface area contributed by atoms with Gasteiger partial charge in [-0.25, -0.2) is 4.98 Å². The lowest BCUT2D eigenvalue weighted by molar-refractivity contribution is -0.384. The number of rotatable bonds is 4. The topological polar surface area (TPSA) is 80.1 Å². The average molecular weight is 370 g/mol. The van der Waals surface area contributed by atoms with E-state index in [-0.39, 0.29) is 11.5 Å². The third kappa shape index (κ3) is 3.31. The molecular formula is C12H11IN4O2. The molecule has 1 heterocycles. The molecule has 7 heteroatoms. The van der Waals surface area contributed by atoms with Crippen molar-refractivity contribution in [3.05, 3.63) is 50.1 Å². The molecule has 0 spiro atoms. The molecule has 0 saturated heterocycles. The molecule has 1 aromatic carbocycles. The predicted molar refractivity (Wildman–Crippen MR) is 82.9 cm³/mol. The number of pyridine rings is 1.